The summed E-state index contributed by atoms with van der Waals surface area (Å²) in [4.78, 5) is 29.2. The maximum absolute atomic E-state index is 13.3. The molecule has 0 saturated carbocycles. The number of likely N-dealkylation sites (tertiary alicyclic amines) is 1. The van der Waals surface area contributed by atoms with Gasteiger partial charge in [0.1, 0.15) is 17.2 Å². The van der Waals surface area contributed by atoms with Crippen molar-refractivity contribution in [3.63, 3.8) is 0 Å². The van der Waals surface area contributed by atoms with Crippen molar-refractivity contribution < 1.29 is 18.4 Å². The van der Waals surface area contributed by atoms with Gasteiger partial charge >= 0.3 is 0 Å². The summed E-state index contributed by atoms with van der Waals surface area (Å²) in [5, 5.41) is 5.80. The van der Waals surface area contributed by atoms with Crippen LogP contribution in [0.2, 0.25) is 5.02 Å². The number of hydrogen-bond donors (Lipinski definition) is 2. The van der Waals surface area contributed by atoms with Gasteiger partial charge in [-0.3, -0.25) is 9.59 Å². The molecule has 2 aliphatic rings. The Bertz CT molecular complexity index is 978. The van der Waals surface area contributed by atoms with Crippen LogP contribution in [-0.2, 0) is 4.79 Å². The van der Waals surface area contributed by atoms with Gasteiger partial charge < -0.3 is 20.4 Å². The number of piperidine rings is 1. The van der Waals surface area contributed by atoms with Gasteiger partial charge in [-0.2, -0.15) is 0 Å². The molecule has 0 atom stereocenters. The number of carbonyl (C=O) groups is 2. The summed E-state index contributed by atoms with van der Waals surface area (Å²) >= 11 is 5.93. The Balaban J connectivity index is 1.32. The molecule has 9 heteroatoms. The lowest BCUT2D eigenvalue weighted by molar-refractivity contribution is -0.125. The van der Waals surface area contributed by atoms with Crippen LogP contribution in [0.15, 0.2) is 42.5 Å². The standard InChI is InChI=1S/C22H23ClF2N4O2/c23-19-13-16(25)3-6-18(19)20(30)26-9-12-28-10-7-22(8-11-28)21(31)27-14-29(22)17-4-1-15(24)2-5-17/h1-6,13H,7-12,14H2,(H,26,30)(H,27,31). The SMILES string of the molecule is O=C(NCCN1CCC2(CC1)C(=O)NCN2c1ccc(F)cc1)c1ccc(F)cc1Cl. The van der Waals surface area contributed by atoms with Crippen LogP contribution >= 0.6 is 11.6 Å². The van der Waals surface area contributed by atoms with Crippen LogP contribution in [0.25, 0.3) is 0 Å². The van der Waals surface area contributed by atoms with E-state index in [1.165, 1.54) is 24.3 Å². The molecule has 0 radical (unpaired) electrons. The summed E-state index contributed by atoms with van der Waals surface area (Å²) in [6, 6.07) is 9.86. The Labute approximate surface area is 184 Å². The number of amides is 2. The highest BCUT2D eigenvalue weighted by Crippen LogP contribution is 2.36. The van der Waals surface area contributed by atoms with E-state index in [1.54, 1.807) is 12.1 Å². The minimum atomic E-state index is -0.640. The van der Waals surface area contributed by atoms with Crippen molar-refractivity contribution in [1.82, 2.24) is 15.5 Å². The van der Waals surface area contributed by atoms with Crippen LogP contribution in [-0.4, -0.2) is 55.1 Å². The highest BCUT2D eigenvalue weighted by Gasteiger charge is 2.50. The summed E-state index contributed by atoms with van der Waals surface area (Å²) in [6.07, 6.45) is 1.27. The Morgan fingerprint density at radius 2 is 1.77 bits per heavy atom. The van der Waals surface area contributed by atoms with E-state index < -0.39 is 11.4 Å². The molecule has 0 aliphatic carbocycles. The molecule has 0 aromatic heterocycles. The van der Waals surface area contributed by atoms with Gasteiger partial charge in [0, 0.05) is 31.9 Å². The first-order valence-corrected chi connectivity index (χ1v) is 10.5. The Hall–Kier alpha value is -2.71. The van der Waals surface area contributed by atoms with Crippen molar-refractivity contribution in [2.24, 2.45) is 0 Å². The Morgan fingerprint density at radius 1 is 1.10 bits per heavy atom. The van der Waals surface area contributed by atoms with Crippen molar-refractivity contribution in [3.8, 4) is 0 Å². The molecule has 6 nitrogen and oxygen atoms in total. The summed E-state index contributed by atoms with van der Waals surface area (Å²) < 4.78 is 26.4. The molecular formula is C22H23ClF2N4O2. The third-order valence-electron chi connectivity index (χ3n) is 6.05. The molecule has 2 fully saturated rings. The monoisotopic (exact) mass is 448 g/mol. The second kappa shape index (κ2) is 8.80. The minimum Gasteiger partial charge on any atom is -0.351 e. The molecule has 1 spiro atoms. The topological polar surface area (TPSA) is 64.7 Å². The highest BCUT2D eigenvalue weighted by atomic mass is 35.5. The third-order valence-corrected chi connectivity index (χ3v) is 6.36. The fourth-order valence-corrected chi connectivity index (χ4v) is 4.54. The quantitative estimate of drug-likeness (QED) is 0.738. The number of benzene rings is 2. The lowest BCUT2D eigenvalue weighted by atomic mass is 9.85. The maximum atomic E-state index is 13.3. The fourth-order valence-electron chi connectivity index (χ4n) is 4.29. The first-order valence-electron chi connectivity index (χ1n) is 10.2. The molecule has 31 heavy (non-hydrogen) atoms. The van der Waals surface area contributed by atoms with Gasteiger partial charge in [-0.15, -0.1) is 0 Å². The van der Waals surface area contributed by atoms with Crippen LogP contribution in [0.5, 0.6) is 0 Å². The summed E-state index contributed by atoms with van der Waals surface area (Å²) in [7, 11) is 0. The number of halogens is 3. The van der Waals surface area contributed by atoms with Crippen LogP contribution in [0.3, 0.4) is 0 Å². The molecule has 2 aromatic carbocycles. The minimum absolute atomic E-state index is 0.00395. The lowest BCUT2D eigenvalue weighted by Gasteiger charge is -2.43. The summed E-state index contributed by atoms with van der Waals surface area (Å²) in [5.41, 5.74) is 0.411. The summed E-state index contributed by atoms with van der Waals surface area (Å²) in [5.74, 6) is -1.16. The maximum Gasteiger partial charge on any atom is 0.252 e. The molecule has 4 rings (SSSR count). The third kappa shape index (κ3) is 4.36. The molecule has 0 bridgehead atoms. The first kappa shape index (κ1) is 21.5. The van der Waals surface area contributed by atoms with E-state index in [0.29, 0.717) is 45.7 Å². The van der Waals surface area contributed by atoms with Gasteiger partial charge in [0.05, 0.1) is 17.3 Å². The predicted octanol–water partition coefficient (Wildman–Crippen LogP) is 2.78. The molecule has 2 aliphatic heterocycles. The Morgan fingerprint density at radius 3 is 2.45 bits per heavy atom. The van der Waals surface area contributed by atoms with Gasteiger partial charge in [-0.1, -0.05) is 11.6 Å². The molecule has 2 heterocycles. The van der Waals surface area contributed by atoms with Gasteiger partial charge in [0.25, 0.3) is 5.91 Å². The van der Waals surface area contributed by atoms with E-state index in [1.807, 2.05) is 4.90 Å². The molecular weight excluding hydrogens is 426 g/mol. The van der Waals surface area contributed by atoms with Crippen molar-refractivity contribution in [3.05, 3.63) is 64.7 Å². The van der Waals surface area contributed by atoms with Crippen molar-refractivity contribution >= 4 is 29.1 Å². The van der Waals surface area contributed by atoms with E-state index >= 15 is 0 Å². The number of anilines is 1. The number of carbonyl (C=O) groups excluding carboxylic acids is 2. The van der Waals surface area contributed by atoms with Crippen LogP contribution < -0.4 is 15.5 Å². The number of rotatable bonds is 5. The van der Waals surface area contributed by atoms with Crippen molar-refractivity contribution in [1.29, 1.82) is 0 Å². The van der Waals surface area contributed by atoms with Gasteiger partial charge in [-0.05, 0) is 55.3 Å². The summed E-state index contributed by atoms with van der Waals surface area (Å²) in [6.45, 7) is 2.82. The zero-order chi connectivity index (χ0) is 22.0. The Kier molecular flexibility index (Phi) is 6.11. The fraction of sp³-hybridized carbons (Fsp3) is 0.364. The van der Waals surface area contributed by atoms with Gasteiger partial charge in [-0.25, -0.2) is 8.78 Å². The van der Waals surface area contributed by atoms with Crippen molar-refractivity contribution in [2.75, 3.05) is 37.7 Å². The number of nitrogens with zero attached hydrogens (tertiary/aromatic N) is 2. The molecule has 2 aromatic rings. The first-order chi connectivity index (χ1) is 14.9. The van der Waals surface area contributed by atoms with E-state index in [-0.39, 0.29) is 28.2 Å². The largest absolute Gasteiger partial charge is 0.351 e. The van der Waals surface area contributed by atoms with Crippen LogP contribution in [0, 0.1) is 11.6 Å². The molecule has 0 unspecified atom stereocenters. The highest BCUT2D eigenvalue weighted by molar-refractivity contribution is 6.33. The van der Waals surface area contributed by atoms with Crippen molar-refractivity contribution in [2.45, 2.75) is 18.4 Å². The zero-order valence-electron chi connectivity index (χ0n) is 16.8. The molecule has 2 N–H and O–H groups in total. The smallest absolute Gasteiger partial charge is 0.252 e. The second-order valence-corrected chi connectivity index (χ2v) is 8.23. The van der Waals surface area contributed by atoms with Gasteiger partial charge in [0.2, 0.25) is 5.91 Å². The zero-order valence-corrected chi connectivity index (χ0v) is 17.6. The van der Waals surface area contributed by atoms with E-state index in [9.17, 15) is 18.4 Å². The number of nitrogens with one attached hydrogen (secondary N) is 2. The normalized spacial score (nSPS) is 18.3. The van der Waals surface area contributed by atoms with Crippen LogP contribution in [0.4, 0.5) is 14.5 Å². The average molecular weight is 449 g/mol. The average Bonchev–Trinajstić information content (AvgIpc) is 3.06. The van der Waals surface area contributed by atoms with E-state index in [4.69, 9.17) is 11.6 Å². The van der Waals surface area contributed by atoms with Crippen LogP contribution in [0.1, 0.15) is 23.2 Å². The van der Waals surface area contributed by atoms with E-state index in [0.717, 1.165) is 11.8 Å². The van der Waals surface area contributed by atoms with E-state index in [2.05, 4.69) is 15.5 Å². The second-order valence-electron chi connectivity index (χ2n) is 7.82. The molecule has 2 saturated heterocycles. The van der Waals surface area contributed by atoms with Gasteiger partial charge in [0.15, 0.2) is 0 Å². The number of hydrogen-bond acceptors (Lipinski definition) is 4. The molecule has 2 amide bonds. The molecule has 164 valence electrons. The predicted molar refractivity (Wildman–Crippen MR) is 114 cm³/mol. The lowest BCUT2D eigenvalue weighted by Crippen LogP contribution is -2.57.